The Morgan fingerprint density at radius 2 is 1.78 bits per heavy atom. The minimum atomic E-state index is -0.501. The van der Waals surface area contributed by atoms with E-state index in [1.165, 1.54) is 18.9 Å². The van der Waals surface area contributed by atoms with Crippen molar-refractivity contribution in [3.63, 3.8) is 0 Å². The highest BCUT2D eigenvalue weighted by Crippen LogP contribution is 2.33. The first-order valence-corrected chi connectivity index (χ1v) is 10.7. The SMILES string of the molecule is COc1ccc(/C=C2\SC(=Nc3ccc(Cl)cc3)NC2=O)cc1OC(=O)c1ccccc1. The summed E-state index contributed by atoms with van der Waals surface area (Å²) in [5, 5.41) is 3.82. The van der Waals surface area contributed by atoms with Crippen LogP contribution in [-0.2, 0) is 4.79 Å². The van der Waals surface area contributed by atoms with Gasteiger partial charge in [-0.25, -0.2) is 9.79 Å². The summed E-state index contributed by atoms with van der Waals surface area (Å²) in [4.78, 5) is 29.7. The molecule has 160 valence electrons. The minimum absolute atomic E-state index is 0.258. The lowest BCUT2D eigenvalue weighted by atomic mass is 10.1. The van der Waals surface area contributed by atoms with E-state index >= 15 is 0 Å². The van der Waals surface area contributed by atoms with Crippen molar-refractivity contribution in [3.8, 4) is 11.5 Å². The van der Waals surface area contributed by atoms with Gasteiger partial charge < -0.3 is 14.8 Å². The van der Waals surface area contributed by atoms with Crippen LogP contribution >= 0.6 is 23.4 Å². The lowest BCUT2D eigenvalue weighted by molar-refractivity contribution is -0.115. The van der Waals surface area contributed by atoms with Gasteiger partial charge >= 0.3 is 5.97 Å². The van der Waals surface area contributed by atoms with Gasteiger partial charge in [0.2, 0.25) is 0 Å². The highest BCUT2D eigenvalue weighted by Gasteiger charge is 2.24. The van der Waals surface area contributed by atoms with Crippen LogP contribution in [0.5, 0.6) is 11.5 Å². The number of amidine groups is 1. The van der Waals surface area contributed by atoms with Gasteiger partial charge in [0, 0.05) is 5.02 Å². The van der Waals surface area contributed by atoms with E-state index in [9.17, 15) is 9.59 Å². The fourth-order valence-electron chi connectivity index (χ4n) is 2.86. The third-order valence-corrected chi connectivity index (χ3v) is 5.57. The first-order chi connectivity index (χ1) is 15.5. The zero-order chi connectivity index (χ0) is 22.5. The molecule has 4 rings (SSSR count). The van der Waals surface area contributed by atoms with Crippen molar-refractivity contribution >= 4 is 52.2 Å². The van der Waals surface area contributed by atoms with E-state index in [-0.39, 0.29) is 11.7 Å². The number of hydrogen-bond donors (Lipinski definition) is 1. The van der Waals surface area contributed by atoms with Crippen molar-refractivity contribution in [3.05, 3.63) is 93.9 Å². The Morgan fingerprint density at radius 1 is 1.03 bits per heavy atom. The molecule has 1 N–H and O–H groups in total. The Morgan fingerprint density at radius 3 is 2.50 bits per heavy atom. The number of hydrogen-bond acceptors (Lipinski definition) is 6. The van der Waals surface area contributed by atoms with Crippen LogP contribution in [0.2, 0.25) is 5.02 Å². The number of methoxy groups -OCH3 is 1. The molecule has 3 aromatic rings. The van der Waals surface area contributed by atoms with Crippen molar-refractivity contribution in [2.75, 3.05) is 7.11 Å². The van der Waals surface area contributed by atoms with Crippen LogP contribution in [0.3, 0.4) is 0 Å². The smallest absolute Gasteiger partial charge is 0.343 e. The molecule has 1 aliphatic heterocycles. The Hall–Kier alpha value is -3.55. The summed E-state index contributed by atoms with van der Waals surface area (Å²) >= 11 is 7.11. The fourth-order valence-corrected chi connectivity index (χ4v) is 3.83. The Labute approximate surface area is 193 Å². The van der Waals surface area contributed by atoms with Crippen LogP contribution in [0.1, 0.15) is 15.9 Å². The summed E-state index contributed by atoms with van der Waals surface area (Å²) in [6, 6.07) is 20.8. The van der Waals surface area contributed by atoms with E-state index in [0.717, 1.165) is 0 Å². The van der Waals surface area contributed by atoms with Crippen LogP contribution in [0, 0.1) is 0 Å². The molecule has 1 aliphatic rings. The van der Waals surface area contributed by atoms with Gasteiger partial charge in [0.05, 0.1) is 23.3 Å². The summed E-state index contributed by atoms with van der Waals surface area (Å²) in [5.41, 5.74) is 1.78. The molecule has 0 aliphatic carbocycles. The van der Waals surface area contributed by atoms with Gasteiger partial charge in [0.25, 0.3) is 5.91 Å². The fraction of sp³-hybridized carbons (Fsp3) is 0.0417. The maximum Gasteiger partial charge on any atom is 0.343 e. The molecule has 1 saturated heterocycles. The minimum Gasteiger partial charge on any atom is -0.493 e. The summed E-state index contributed by atoms with van der Waals surface area (Å²) in [6.45, 7) is 0. The molecule has 6 nitrogen and oxygen atoms in total. The first kappa shape index (κ1) is 21.7. The number of nitrogens with zero attached hydrogens (tertiary/aromatic N) is 1. The van der Waals surface area contributed by atoms with Gasteiger partial charge in [0.1, 0.15) is 0 Å². The van der Waals surface area contributed by atoms with Gasteiger partial charge in [-0.15, -0.1) is 0 Å². The number of rotatable bonds is 5. The zero-order valence-corrected chi connectivity index (χ0v) is 18.4. The number of nitrogens with one attached hydrogen (secondary N) is 1. The van der Waals surface area contributed by atoms with E-state index < -0.39 is 5.97 Å². The molecule has 0 atom stereocenters. The highest BCUT2D eigenvalue weighted by atomic mass is 35.5. The topological polar surface area (TPSA) is 77.0 Å². The maximum atomic E-state index is 12.4. The normalized spacial score (nSPS) is 15.6. The molecule has 0 unspecified atom stereocenters. The second-order valence-corrected chi connectivity index (χ2v) is 8.09. The molecule has 1 amide bonds. The van der Waals surface area contributed by atoms with Gasteiger partial charge in [-0.3, -0.25) is 4.79 Å². The maximum absolute atomic E-state index is 12.4. The summed E-state index contributed by atoms with van der Waals surface area (Å²) in [7, 11) is 1.49. The number of esters is 1. The molecule has 8 heteroatoms. The number of amides is 1. The number of carbonyl (C=O) groups excluding carboxylic acids is 2. The predicted octanol–water partition coefficient (Wildman–Crippen LogP) is 5.46. The standard InChI is InChI=1S/C24H17ClN2O4S/c1-30-19-12-7-15(13-20(19)31-23(29)16-5-3-2-4-6-16)14-21-22(28)27-24(32-21)26-18-10-8-17(25)9-11-18/h2-14H,1H3,(H,26,27,28)/b21-14-. The molecule has 1 heterocycles. The van der Waals surface area contributed by atoms with Crippen LogP contribution in [0.25, 0.3) is 6.08 Å². The molecule has 3 aromatic carbocycles. The Balaban J connectivity index is 1.55. The number of benzene rings is 3. The van der Waals surface area contributed by atoms with Crippen LogP contribution in [-0.4, -0.2) is 24.2 Å². The molecular weight excluding hydrogens is 448 g/mol. The second kappa shape index (κ2) is 9.72. The van der Waals surface area contributed by atoms with E-state index in [2.05, 4.69) is 10.3 Å². The molecule has 1 fully saturated rings. The van der Waals surface area contributed by atoms with E-state index in [0.29, 0.717) is 37.7 Å². The number of carbonyl (C=O) groups is 2. The molecule has 0 spiro atoms. The van der Waals surface area contributed by atoms with E-state index in [4.69, 9.17) is 21.1 Å². The van der Waals surface area contributed by atoms with Crippen LogP contribution in [0.15, 0.2) is 82.7 Å². The van der Waals surface area contributed by atoms with Gasteiger partial charge in [-0.1, -0.05) is 35.9 Å². The van der Waals surface area contributed by atoms with Gasteiger partial charge in [-0.05, 0) is 71.9 Å². The molecule has 0 bridgehead atoms. The quantitative estimate of drug-likeness (QED) is 0.308. The summed E-state index contributed by atoms with van der Waals surface area (Å²) in [6.07, 6.45) is 1.70. The highest BCUT2D eigenvalue weighted by molar-refractivity contribution is 8.18. The van der Waals surface area contributed by atoms with Gasteiger partial charge in [-0.2, -0.15) is 0 Å². The Bertz CT molecular complexity index is 1220. The third-order valence-electron chi connectivity index (χ3n) is 4.41. The van der Waals surface area contributed by atoms with Crippen LogP contribution < -0.4 is 14.8 Å². The third kappa shape index (κ3) is 5.19. The summed E-state index contributed by atoms with van der Waals surface area (Å²) in [5.74, 6) is -0.0976. The van der Waals surface area contributed by atoms with E-state index in [1.54, 1.807) is 72.8 Å². The van der Waals surface area contributed by atoms with Gasteiger partial charge in [0.15, 0.2) is 16.7 Å². The van der Waals surface area contributed by atoms with Crippen LogP contribution in [0.4, 0.5) is 5.69 Å². The molecular formula is C24H17ClN2O4S. The number of halogens is 1. The lowest BCUT2D eigenvalue weighted by Crippen LogP contribution is -2.19. The van der Waals surface area contributed by atoms with Crippen molar-refractivity contribution in [2.45, 2.75) is 0 Å². The Kier molecular flexibility index (Phi) is 6.58. The lowest BCUT2D eigenvalue weighted by Gasteiger charge is -2.10. The summed E-state index contributed by atoms with van der Waals surface area (Å²) < 4.78 is 10.8. The first-order valence-electron chi connectivity index (χ1n) is 9.52. The molecule has 0 radical (unpaired) electrons. The number of thioether (sulfide) groups is 1. The second-order valence-electron chi connectivity index (χ2n) is 6.62. The largest absolute Gasteiger partial charge is 0.493 e. The van der Waals surface area contributed by atoms with E-state index in [1.807, 2.05) is 6.07 Å². The molecule has 0 aromatic heterocycles. The average molecular weight is 465 g/mol. The number of aliphatic imine (C=N–C) groups is 1. The monoisotopic (exact) mass is 464 g/mol. The van der Waals surface area contributed by atoms with Crippen molar-refractivity contribution in [1.82, 2.24) is 5.32 Å². The molecule has 32 heavy (non-hydrogen) atoms. The number of ether oxygens (including phenoxy) is 2. The zero-order valence-electron chi connectivity index (χ0n) is 16.9. The van der Waals surface area contributed by atoms with Crippen molar-refractivity contribution in [2.24, 2.45) is 4.99 Å². The van der Waals surface area contributed by atoms with Crippen molar-refractivity contribution < 1.29 is 19.1 Å². The molecule has 0 saturated carbocycles. The van der Waals surface area contributed by atoms with Crippen molar-refractivity contribution in [1.29, 1.82) is 0 Å². The predicted molar refractivity (Wildman–Crippen MR) is 127 cm³/mol. The average Bonchev–Trinajstić information content (AvgIpc) is 3.14.